The Labute approximate surface area is 249 Å². The molecule has 10 aromatic rings. The van der Waals surface area contributed by atoms with Gasteiger partial charge in [0.2, 0.25) is 0 Å². The number of hydrogen-bond donors (Lipinski definition) is 0. The summed E-state index contributed by atoms with van der Waals surface area (Å²) in [5, 5.41) is 10.5. The van der Waals surface area contributed by atoms with Gasteiger partial charge in [-0.15, -0.1) is 0 Å². The van der Waals surface area contributed by atoms with Crippen LogP contribution in [0.3, 0.4) is 0 Å². The lowest BCUT2D eigenvalue weighted by Gasteiger charge is -2.06. The molecule has 10 rings (SSSR count). The molecular formula is C39H22N2OS. The molecule has 3 nitrogen and oxygen atoms in total. The summed E-state index contributed by atoms with van der Waals surface area (Å²) >= 11 is 1.75. The van der Waals surface area contributed by atoms with Crippen molar-refractivity contribution >= 4 is 86.8 Å². The van der Waals surface area contributed by atoms with Gasteiger partial charge in [-0.25, -0.2) is 4.98 Å². The van der Waals surface area contributed by atoms with Crippen molar-refractivity contribution in [2.45, 2.75) is 0 Å². The van der Waals surface area contributed by atoms with E-state index in [0.717, 1.165) is 53.9 Å². The van der Waals surface area contributed by atoms with Gasteiger partial charge in [-0.05, 0) is 63.5 Å². The van der Waals surface area contributed by atoms with Crippen molar-refractivity contribution in [3.05, 3.63) is 133 Å². The number of aromatic nitrogens is 2. The predicted molar refractivity (Wildman–Crippen MR) is 182 cm³/mol. The number of furan rings is 1. The number of fused-ring (bicyclic) bond motifs is 10. The number of thiazole rings is 1. The van der Waals surface area contributed by atoms with Crippen LogP contribution in [0, 0.1) is 0 Å². The predicted octanol–water partition coefficient (Wildman–Crippen LogP) is 11.3. The molecule has 0 radical (unpaired) electrons. The van der Waals surface area contributed by atoms with Crippen molar-refractivity contribution < 1.29 is 4.42 Å². The van der Waals surface area contributed by atoms with Crippen molar-refractivity contribution in [1.82, 2.24) is 9.55 Å². The van der Waals surface area contributed by atoms with Gasteiger partial charge in [-0.2, -0.15) is 0 Å². The molecule has 0 saturated heterocycles. The standard InChI is InChI=1S/C39H22N2OS/c1-2-10-24-19-27(18-17-23(24)9-1)30-22-35-36(29-14-6-8-16-34(29)42-35)37-38(30)43-39(40-37)41-32-15-7-5-13-28(32)31-20-25-11-3-4-12-26(25)21-33(31)41/h1-22H. The highest BCUT2D eigenvalue weighted by atomic mass is 32.1. The van der Waals surface area contributed by atoms with Crippen LogP contribution in [0.15, 0.2) is 138 Å². The molecule has 0 atom stereocenters. The van der Waals surface area contributed by atoms with Crippen LogP contribution in [0.25, 0.3) is 91.8 Å². The summed E-state index contributed by atoms with van der Waals surface area (Å²) in [6, 6.07) is 47.6. The summed E-state index contributed by atoms with van der Waals surface area (Å²) in [4.78, 5) is 5.46. The van der Waals surface area contributed by atoms with Crippen LogP contribution in [-0.4, -0.2) is 9.55 Å². The zero-order valence-electron chi connectivity index (χ0n) is 22.9. The Morgan fingerprint density at radius 3 is 2.09 bits per heavy atom. The molecule has 0 spiro atoms. The molecule has 0 aliphatic carbocycles. The fourth-order valence-electron chi connectivity index (χ4n) is 6.80. The fourth-order valence-corrected chi connectivity index (χ4v) is 7.93. The molecular weight excluding hydrogens is 545 g/mol. The third-order valence-electron chi connectivity index (χ3n) is 8.79. The fraction of sp³-hybridized carbons (Fsp3) is 0. The van der Waals surface area contributed by atoms with Gasteiger partial charge in [0.25, 0.3) is 0 Å². The summed E-state index contributed by atoms with van der Waals surface area (Å²) in [7, 11) is 0. The molecule has 3 aromatic heterocycles. The molecule has 0 saturated carbocycles. The van der Waals surface area contributed by atoms with Gasteiger partial charge in [0.15, 0.2) is 5.13 Å². The Kier molecular flexibility index (Phi) is 4.60. The molecule has 0 aliphatic rings. The van der Waals surface area contributed by atoms with E-state index in [2.05, 4.69) is 126 Å². The molecule has 43 heavy (non-hydrogen) atoms. The largest absolute Gasteiger partial charge is 0.456 e. The number of benzene rings is 7. The zero-order chi connectivity index (χ0) is 28.1. The summed E-state index contributed by atoms with van der Waals surface area (Å²) in [5.41, 5.74) is 7.36. The van der Waals surface area contributed by atoms with E-state index in [-0.39, 0.29) is 0 Å². The van der Waals surface area contributed by atoms with E-state index < -0.39 is 0 Å². The minimum absolute atomic E-state index is 0.863. The Bertz CT molecular complexity index is 2740. The lowest BCUT2D eigenvalue weighted by atomic mass is 9.99. The van der Waals surface area contributed by atoms with Crippen molar-refractivity contribution in [1.29, 1.82) is 0 Å². The molecule has 0 unspecified atom stereocenters. The van der Waals surface area contributed by atoms with E-state index in [4.69, 9.17) is 9.40 Å². The number of rotatable bonds is 2. The van der Waals surface area contributed by atoms with Crippen LogP contribution in [0.1, 0.15) is 0 Å². The van der Waals surface area contributed by atoms with Crippen molar-refractivity contribution in [2.75, 3.05) is 0 Å². The maximum atomic E-state index is 6.46. The number of nitrogens with zero attached hydrogens (tertiary/aromatic N) is 2. The summed E-state index contributed by atoms with van der Waals surface area (Å²) < 4.78 is 9.97. The third-order valence-corrected chi connectivity index (χ3v) is 9.86. The Hall–Kier alpha value is -5.45. The molecule has 0 amide bonds. The van der Waals surface area contributed by atoms with Crippen LogP contribution >= 0.6 is 11.3 Å². The Morgan fingerprint density at radius 1 is 0.535 bits per heavy atom. The maximum absolute atomic E-state index is 6.46. The maximum Gasteiger partial charge on any atom is 0.195 e. The van der Waals surface area contributed by atoms with Crippen LogP contribution in [-0.2, 0) is 0 Å². The molecule has 7 aromatic carbocycles. The summed E-state index contributed by atoms with van der Waals surface area (Å²) in [6.07, 6.45) is 0. The van der Waals surface area contributed by atoms with Gasteiger partial charge in [0.05, 0.1) is 26.6 Å². The second-order valence-corrected chi connectivity index (χ2v) is 12.2. The Morgan fingerprint density at radius 2 is 1.23 bits per heavy atom. The lowest BCUT2D eigenvalue weighted by molar-refractivity contribution is 0.669. The van der Waals surface area contributed by atoms with Crippen LogP contribution in [0.5, 0.6) is 0 Å². The van der Waals surface area contributed by atoms with Crippen LogP contribution in [0.2, 0.25) is 0 Å². The second kappa shape index (κ2) is 8.54. The minimum atomic E-state index is 0.863. The van der Waals surface area contributed by atoms with E-state index in [1.54, 1.807) is 11.3 Å². The highest BCUT2D eigenvalue weighted by molar-refractivity contribution is 7.21. The first kappa shape index (κ1) is 23.1. The van der Waals surface area contributed by atoms with Gasteiger partial charge >= 0.3 is 0 Å². The monoisotopic (exact) mass is 566 g/mol. The van der Waals surface area contributed by atoms with E-state index in [1.807, 2.05) is 12.1 Å². The topological polar surface area (TPSA) is 31.0 Å². The summed E-state index contributed by atoms with van der Waals surface area (Å²) in [5.74, 6) is 0. The molecule has 0 bridgehead atoms. The van der Waals surface area contributed by atoms with E-state index >= 15 is 0 Å². The molecule has 0 N–H and O–H groups in total. The van der Waals surface area contributed by atoms with E-state index in [1.165, 1.54) is 37.8 Å². The summed E-state index contributed by atoms with van der Waals surface area (Å²) in [6.45, 7) is 0. The normalized spacial score (nSPS) is 12.2. The second-order valence-electron chi connectivity index (χ2n) is 11.2. The zero-order valence-corrected chi connectivity index (χ0v) is 23.7. The molecule has 200 valence electrons. The molecule has 4 heteroatoms. The minimum Gasteiger partial charge on any atom is -0.456 e. The van der Waals surface area contributed by atoms with Gasteiger partial charge in [-0.3, -0.25) is 4.57 Å². The van der Waals surface area contributed by atoms with Gasteiger partial charge < -0.3 is 4.42 Å². The average molecular weight is 567 g/mol. The number of hydrogen-bond acceptors (Lipinski definition) is 3. The first-order valence-electron chi connectivity index (χ1n) is 14.5. The van der Waals surface area contributed by atoms with Crippen molar-refractivity contribution in [2.24, 2.45) is 0 Å². The first-order chi connectivity index (χ1) is 21.3. The molecule has 0 fully saturated rings. The molecule has 0 aliphatic heterocycles. The SMILES string of the molecule is c1ccc2cc(-c3cc4oc5ccccc5c4c4nc(-n5c6ccccc6c6cc7ccccc7cc65)sc34)ccc2c1. The highest BCUT2D eigenvalue weighted by Gasteiger charge is 2.22. The lowest BCUT2D eigenvalue weighted by Crippen LogP contribution is -1.92. The van der Waals surface area contributed by atoms with Crippen molar-refractivity contribution in [3.8, 4) is 16.3 Å². The van der Waals surface area contributed by atoms with Crippen LogP contribution < -0.4 is 0 Å². The molecule has 3 heterocycles. The van der Waals surface area contributed by atoms with Gasteiger partial charge in [0.1, 0.15) is 11.2 Å². The van der Waals surface area contributed by atoms with Gasteiger partial charge in [-0.1, -0.05) is 108 Å². The van der Waals surface area contributed by atoms with E-state index in [9.17, 15) is 0 Å². The number of para-hydroxylation sites is 2. The Balaban J connectivity index is 1.35. The third kappa shape index (κ3) is 3.27. The highest BCUT2D eigenvalue weighted by Crippen LogP contribution is 2.45. The average Bonchev–Trinajstić information content (AvgIpc) is 3.74. The first-order valence-corrected chi connectivity index (χ1v) is 15.3. The van der Waals surface area contributed by atoms with E-state index in [0.29, 0.717) is 0 Å². The van der Waals surface area contributed by atoms with Gasteiger partial charge in [0, 0.05) is 21.7 Å². The quantitative estimate of drug-likeness (QED) is 0.208. The smallest absolute Gasteiger partial charge is 0.195 e. The van der Waals surface area contributed by atoms with Crippen molar-refractivity contribution in [3.63, 3.8) is 0 Å². The van der Waals surface area contributed by atoms with Crippen LogP contribution in [0.4, 0.5) is 0 Å².